The van der Waals surface area contributed by atoms with Crippen molar-refractivity contribution in [2.24, 2.45) is 0 Å². The number of hydrogen-bond donors (Lipinski definition) is 2. The summed E-state index contributed by atoms with van der Waals surface area (Å²) >= 11 is 4.93. The van der Waals surface area contributed by atoms with Gasteiger partial charge in [0, 0.05) is 18.9 Å². The molecule has 0 unspecified atom stereocenters. The van der Waals surface area contributed by atoms with E-state index in [4.69, 9.17) is 12.2 Å². The zero-order valence-corrected chi connectivity index (χ0v) is 8.39. The summed E-state index contributed by atoms with van der Waals surface area (Å²) in [6.45, 7) is 0. The zero-order chi connectivity index (χ0) is 10.1. The van der Waals surface area contributed by atoms with Crippen molar-refractivity contribution in [3.63, 3.8) is 0 Å². The number of aromatic amines is 1. The van der Waals surface area contributed by atoms with E-state index in [2.05, 4.69) is 10.3 Å². The van der Waals surface area contributed by atoms with Crippen LogP contribution in [0.2, 0.25) is 0 Å². The maximum atomic E-state index is 11.5. The lowest BCUT2D eigenvalue weighted by molar-refractivity contribution is -0.121. The highest BCUT2D eigenvalue weighted by atomic mass is 32.1. The second kappa shape index (κ2) is 3.26. The summed E-state index contributed by atoms with van der Waals surface area (Å²) in [5.74, 6) is -0.107. The third-order valence-electron chi connectivity index (χ3n) is 2.00. The molecule has 72 valence electrons. The molecule has 0 spiro atoms. The molecule has 2 N–H and O–H groups in total. The van der Waals surface area contributed by atoms with Gasteiger partial charge in [-0.3, -0.25) is 9.69 Å². The number of carbonyl (C=O) groups is 1. The average molecular weight is 207 g/mol. The molecular formula is C9H9N3OS. The highest BCUT2D eigenvalue weighted by Crippen LogP contribution is 2.10. The second-order valence-electron chi connectivity index (χ2n) is 2.98. The van der Waals surface area contributed by atoms with Gasteiger partial charge in [0.15, 0.2) is 5.11 Å². The van der Waals surface area contributed by atoms with Crippen LogP contribution in [0.3, 0.4) is 0 Å². The van der Waals surface area contributed by atoms with Gasteiger partial charge in [0.25, 0.3) is 5.91 Å². The molecule has 0 saturated carbocycles. The van der Waals surface area contributed by atoms with E-state index in [0.29, 0.717) is 10.8 Å². The maximum Gasteiger partial charge on any atom is 0.276 e. The molecule has 5 heteroatoms. The van der Waals surface area contributed by atoms with Crippen molar-refractivity contribution in [2.75, 3.05) is 7.05 Å². The van der Waals surface area contributed by atoms with Crippen molar-refractivity contribution in [3.05, 3.63) is 29.7 Å². The lowest BCUT2D eigenvalue weighted by atomic mass is 10.3. The minimum atomic E-state index is -0.107. The third kappa shape index (κ3) is 1.42. The number of hydrogen-bond acceptors (Lipinski definition) is 2. The van der Waals surface area contributed by atoms with Crippen molar-refractivity contribution in [2.45, 2.75) is 0 Å². The molecule has 2 heterocycles. The molecule has 2 rings (SSSR count). The van der Waals surface area contributed by atoms with E-state index >= 15 is 0 Å². The van der Waals surface area contributed by atoms with Crippen LogP contribution in [-0.4, -0.2) is 28.0 Å². The van der Waals surface area contributed by atoms with E-state index in [-0.39, 0.29) is 5.91 Å². The number of carbonyl (C=O) groups excluding carboxylic acids is 1. The molecule has 1 amide bonds. The van der Waals surface area contributed by atoms with Gasteiger partial charge in [0.05, 0.1) is 0 Å². The van der Waals surface area contributed by atoms with Crippen molar-refractivity contribution >= 4 is 29.3 Å². The quantitative estimate of drug-likeness (QED) is 0.526. The van der Waals surface area contributed by atoms with Crippen LogP contribution in [0, 0.1) is 0 Å². The van der Waals surface area contributed by atoms with Crippen LogP contribution in [0.5, 0.6) is 0 Å². The second-order valence-corrected chi connectivity index (χ2v) is 3.36. The Morgan fingerprint density at radius 1 is 1.57 bits per heavy atom. The van der Waals surface area contributed by atoms with E-state index in [9.17, 15) is 4.79 Å². The summed E-state index contributed by atoms with van der Waals surface area (Å²) in [7, 11) is 1.65. The van der Waals surface area contributed by atoms with Gasteiger partial charge in [-0.2, -0.15) is 0 Å². The Kier molecular flexibility index (Phi) is 2.09. The summed E-state index contributed by atoms with van der Waals surface area (Å²) in [4.78, 5) is 15.9. The summed E-state index contributed by atoms with van der Waals surface area (Å²) in [6, 6.07) is 3.75. The highest BCUT2D eigenvalue weighted by molar-refractivity contribution is 7.80. The van der Waals surface area contributed by atoms with Gasteiger partial charge in [-0.05, 0) is 30.4 Å². The molecular weight excluding hydrogens is 198 g/mol. The smallest absolute Gasteiger partial charge is 0.276 e. The van der Waals surface area contributed by atoms with E-state index in [1.54, 1.807) is 19.3 Å². The van der Waals surface area contributed by atoms with Crippen LogP contribution >= 0.6 is 12.2 Å². The van der Waals surface area contributed by atoms with Crippen LogP contribution in [0.15, 0.2) is 24.0 Å². The van der Waals surface area contributed by atoms with Crippen LogP contribution in [0.4, 0.5) is 0 Å². The Morgan fingerprint density at radius 2 is 2.36 bits per heavy atom. The molecule has 0 bridgehead atoms. The van der Waals surface area contributed by atoms with Crippen LogP contribution < -0.4 is 5.32 Å². The number of nitrogens with one attached hydrogen (secondary N) is 2. The maximum absolute atomic E-state index is 11.5. The first kappa shape index (κ1) is 8.96. The molecule has 1 fully saturated rings. The minimum Gasteiger partial charge on any atom is -0.362 e. The van der Waals surface area contributed by atoms with E-state index < -0.39 is 0 Å². The fourth-order valence-corrected chi connectivity index (χ4v) is 1.41. The summed E-state index contributed by atoms with van der Waals surface area (Å²) < 4.78 is 0. The predicted molar refractivity (Wildman–Crippen MR) is 57.3 cm³/mol. The molecule has 1 saturated heterocycles. The predicted octanol–water partition coefficient (Wildman–Crippen LogP) is 0.702. The number of H-pyrrole nitrogens is 1. The molecule has 1 aromatic rings. The number of rotatable bonds is 1. The SMILES string of the molecule is CN1C(=O)/C(=C/c2ccc[nH]2)NC1=S. The van der Waals surface area contributed by atoms with Gasteiger partial charge in [0.2, 0.25) is 0 Å². The van der Waals surface area contributed by atoms with E-state index in [1.807, 2.05) is 12.1 Å². The van der Waals surface area contributed by atoms with Crippen LogP contribution in [0.1, 0.15) is 5.69 Å². The summed E-state index contributed by atoms with van der Waals surface area (Å²) in [5, 5.41) is 3.28. The number of nitrogens with zero attached hydrogens (tertiary/aromatic N) is 1. The molecule has 1 aliphatic heterocycles. The Balaban J connectivity index is 2.29. The first-order valence-electron chi connectivity index (χ1n) is 4.12. The molecule has 0 aromatic carbocycles. The number of amides is 1. The molecule has 1 aromatic heterocycles. The monoisotopic (exact) mass is 207 g/mol. The molecule has 4 nitrogen and oxygen atoms in total. The Morgan fingerprint density at radius 3 is 2.86 bits per heavy atom. The molecule has 14 heavy (non-hydrogen) atoms. The Bertz CT molecular complexity index is 408. The molecule has 0 radical (unpaired) electrons. The van der Waals surface area contributed by atoms with Gasteiger partial charge < -0.3 is 10.3 Å². The Labute approximate surface area is 86.6 Å². The lowest BCUT2D eigenvalue weighted by Gasteiger charge is -2.02. The average Bonchev–Trinajstić information content (AvgIpc) is 2.73. The third-order valence-corrected chi connectivity index (χ3v) is 2.38. The summed E-state index contributed by atoms with van der Waals surface area (Å²) in [6.07, 6.45) is 3.53. The standard InChI is InChI=1S/C9H9N3OS/c1-12-8(13)7(11-9(12)14)5-6-3-2-4-10-6/h2-5,10H,1H3,(H,11,14)/b7-5-. The van der Waals surface area contributed by atoms with Crippen molar-refractivity contribution in [3.8, 4) is 0 Å². The molecule has 1 aliphatic rings. The number of likely N-dealkylation sites (N-methyl/N-ethyl adjacent to an activating group) is 1. The van der Waals surface area contributed by atoms with Gasteiger partial charge >= 0.3 is 0 Å². The highest BCUT2D eigenvalue weighted by Gasteiger charge is 2.26. The Hall–Kier alpha value is -1.62. The topological polar surface area (TPSA) is 48.1 Å². The van der Waals surface area contributed by atoms with Crippen molar-refractivity contribution in [1.29, 1.82) is 0 Å². The van der Waals surface area contributed by atoms with Gasteiger partial charge in [0.1, 0.15) is 5.70 Å². The van der Waals surface area contributed by atoms with Crippen molar-refractivity contribution in [1.82, 2.24) is 15.2 Å². The normalized spacial score (nSPS) is 19.2. The number of thiocarbonyl (C=S) groups is 1. The first-order chi connectivity index (χ1) is 6.68. The van der Waals surface area contributed by atoms with Gasteiger partial charge in [-0.25, -0.2) is 0 Å². The fourth-order valence-electron chi connectivity index (χ4n) is 1.21. The zero-order valence-electron chi connectivity index (χ0n) is 7.57. The van der Waals surface area contributed by atoms with E-state index in [0.717, 1.165) is 5.69 Å². The largest absolute Gasteiger partial charge is 0.362 e. The molecule has 0 aliphatic carbocycles. The summed E-state index contributed by atoms with van der Waals surface area (Å²) in [5.41, 5.74) is 1.37. The number of aromatic nitrogens is 1. The first-order valence-corrected chi connectivity index (χ1v) is 4.53. The van der Waals surface area contributed by atoms with E-state index in [1.165, 1.54) is 4.90 Å². The molecule has 0 atom stereocenters. The van der Waals surface area contributed by atoms with Crippen LogP contribution in [0.25, 0.3) is 6.08 Å². The van der Waals surface area contributed by atoms with Gasteiger partial charge in [-0.1, -0.05) is 0 Å². The van der Waals surface area contributed by atoms with Crippen molar-refractivity contribution < 1.29 is 4.79 Å². The lowest BCUT2D eigenvalue weighted by Crippen LogP contribution is -2.25. The fraction of sp³-hybridized carbons (Fsp3) is 0.111. The van der Waals surface area contributed by atoms with Gasteiger partial charge in [-0.15, -0.1) is 0 Å². The minimum absolute atomic E-state index is 0.107. The van der Waals surface area contributed by atoms with Crippen LogP contribution in [-0.2, 0) is 4.79 Å².